The van der Waals surface area contributed by atoms with Crippen molar-refractivity contribution in [2.75, 3.05) is 23.3 Å². The van der Waals surface area contributed by atoms with Crippen molar-refractivity contribution in [1.82, 2.24) is 4.98 Å². The molecule has 0 aliphatic rings. The van der Waals surface area contributed by atoms with Crippen LogP contribution in [0.25, 0.3) is 0 Å². The van der Waals surface area contributed by atoms with Crippen LogP contribution >= 0.6 is 15.9 Å². The number of aromatic nitrogens is 1. The molecule has 13 heavy (non-hydrogen) atoms. The van der Waals surface area contributed by atoms with Gasteiger partial charge in [-0.25, -0.2) is 9.37 Å². The van der Waals surface area contributed by atoms with E-state index in [1.165, 1.54) is 12.3 Å². The third kappa shape index (κ3) is 2.95. The van der Waals surface area contributed by atoms with Gasteiger partial charge >= 0.3 is 0 Å². The molecular weight excluding hydrogens is 235 g/mol. The molecule has 0 radical (unpaired) electrons. The first-order valence-corrected chi connectivity index (χ1v) is 5.32. The van der Waals surface area contributed by atoms with Gasteiger partial charge in [-0.2, -0.15) is 0 Å². The average molecular weight is 247 g/mol. The number of halogens is 2. The van der Waals surface area contributed by atoms with Gasteiger partial charge in [0.25, 0.3) is 0 Å². The predicted molar refractivity (Wildman–Crippen MR) is 55.9 cm³/mol. The normalized spacial score (nSPS) is 10.1. The average Bonchev–Trinajstić information content (AvgIpc) is 2.16. The molecule has 0 aromatic carbocycles. The Morgan fingerprint density at radius 2 is 2.31 bits per heavy atom. The standard InChI is InChI=1S/C9H12BrFN2/c1-2-13(6-5-10)9-4-3-8(11)7-12-9/h3-4,7H,2,5-6H2,1H3. The molecule has 0 N–H and O–H groups in total. The zero-order valence-corrected chi connectivity index (χ0v) is 9.09. The van der Waals surface area contributed by atoms with E-state index in [4.69, 9.17) is 0 Å². The molecule has 0 aliphatic heterocycles. The summed E-state index contributed by atoms with van der Waals surface area (Å²) in [7, 11) is 0. The number of nitrogens with zero attached hydrogens (tertiary/aromatic N) is 2. The smallest absolute Gasteiger partial charge is 0.141 e. The van der Waals surface area contributed by atoms with Crippen LogP contribution in [0.5, 0.6) is 0 Å². The number of anilines is 1. The van der Waals surface area contributed by atoms with Crippen molar-refractivity contribution < 1.29 is 4.39 Å². The molecule has 0 aliphatic carbocycles. The van der Waals surface area contributed by atoms with Crippen molar-refractivity contribution in [2.24, 2.45) is 0 Å². The summed E-state index contributed by atoms with van der Waals surface area (Å²) >= 11 is 3.36. The van der Waals surface area contributed by atoms with Crippen LogP contribution < -0.4 is 4.90 Å². The second-order valence-electron chi connectivity index (χ2n) is 2.60. The van der Waals surface area contributed by atoms with Crippen molar-refractivity contribution in [1.29, 1.82) is 0 Å². The Hall–Kier alpha value is -0.640. The Labute approximate surface area is 85.9 Å². The fraction of sp³-hybridized carbons (Fsp3) is 0.444. The summed E-state index contributed by atoms with van der Waals surface area (Å²) in [5, 5.41) is 0.889. The van der Waals surface area contributed by atoms with Crippen molar-refractivity contribution in [3.8, 4) is 0 Å². The Morgan fingerprint density at radius 1 is 1.54 bits per heavy atom. The van der Waals surface area contributed by atoms with E-state index in [9.17, 15) is 4.39 Å². The van der Waals surface area contributed by atoms with Gasteiger partial charge in [-0.15, -0.1) is 0 Å². The maximum Gasteiger partial charge on any atom is 0.141 e. The van der Waals surface area contributed by atoms with Gasteiger partial charge in [-0.1, -0.05) is 15.9 Å². The molecule has 4 heteroatoms. The van der Waals surface area contributed by atoms with Gasteiger partial charge in [0.1, 0.15) is 11.6 Å². The molecule has 2 nitrogen and oxygen atoms in total. The third-order valence-corrected chi connectivity index (χ3v) is 2.13. The summed E-state index contributed by atoms with van der Waals surface area (Å²) in [4.78, 5) is 6.08. The van der Waals surface area contributed by atoms with E-state index < -0.39 is 0 Å². The minimum absolute atomic E-state index is 0.293. The Balaban J connectivity index is 2.73. The molecule has 0 amide bonds. The maximum atomic E-state index is 12.5. The van der Waals surface area contributed by atoms with Crippen LogP contribution in [0.1, 0.15) is 6.92 Å². The summed E-state index contributed by atoms with van der Waals surface area (Å²) in [5.74, 6) is 0.530. The van der Waals surface area contributed by atoms with Gasteiger partial charge in [0.05, 0.1) is 6.20 Å². The van der Waals surface area contributed by atoms with Crippen LogP contribution in [0.3, 0.4) is 0 Å². The first kappa shape index (κ1) is 10.4. The minimum atomic E-state index is -0.293. The lowest BCUT2D eigenvalue weighted by molar-refractivity contribution is 0.620. The van der Waals surface area contributed by atoms with Crippen molar-refractivity contribution in [3.05, 3.63) is 24.1 Å². The lowest BCUT2D eigenvalue weighted by atomic mass is 10.4. The van der Waals surface area contributed by atoms with Crippen LogP contribution in [0, 0.1) is 5.82 Å². The van der Waals surface area contributed by atoms with Crippen molar-refractivity contribution in [2.45, 2.75) is 6.92 Å². The Kier molecular flexibility index (Phi) is 4.15. The molecule has 0 atom stereocenters. The number of pyridine rings is 1. The van der Waals surface area contributed by atoms with Crippen LogP contribution in [0.15, 0.2) is 18.3 Å². The van der Waals surface area contributed by atoms with E-state index in [-0.39, 0.29) is 5.82 Å². The molecule has 0 spiro atoms. The number of hydrogen-bond donors (Lipinski definition) is 0. The highest BCUT2D eigenvalue weighted by atomic mass is 79.9. The first-order chi connectivity index (χ1) is 6.27. The molecule has 1 aromatic heterocycles. The molecular formula is C9H12BrFN2. The van der Waals surface area contributed by atoms with Crippen LogP contribution in [-0.4, -0.2) is 23.4 Å². The van der Waals surface area contributed by atoms with Crippen molar-refractivity contribution >= 4 is 21.7 Å². The van der Waals surface area contributed by atoms with Gasteiger partial charge in [0.2, 0.25) is 0 Å². The van der Waals surface area contributed by atoms with Gasteiger partial charge in [-0.05, 0) is 19.1 Å². The largest absolute Gasteiger partial charge is 0.356 e. The van der Waals surface area contributed by atoms with Gasteiger partial charge in [0, 0.05) is 18.4 Å². The molecule has 0 unspecified atom stereocenters. The highest BCUT2D eigenvalue weighted by Gasteiger charge is 2.03. The van der Waals surface area contributed by atoms with E-state index in [0.29, 0.717) is 0 Å². The summed E-state index contributed by atoms with van der Waals surface area (Å²) in [6.45, 7) is 3.81. The SMILES string of the molecule is CCN(CCBr)c1ccc(F)cn1. The van der Waals surface area contributed by atoms with E-state index in [0.717, 1.165) is 24.2 Å². The summed E-state index contributed by atoms with van der Waals surface area (Å²) in [6, 6.07) is 3.13. The molecule has 0 bridgehead atoms. The Morgan fingerprint density at radius 3 is 2.77 bits per heavy atom. The van der Waals surface area contributed by atoms with Crippen LogP contribution in [0.2, 0.25) is 0 Å². The molecule has 0 saturated carbocycles. The summed E-state index contributed by atoms with van der Waals surface area (Å²) in [6.07, 6.45) is 1.24. The first-order valence-electron chi connectivity index (χ1n) is 4.20. The molecule has 1 aromatic rings. The van der Waals surface area contributed by atoms with Crippen LogP contribution in [-0.2, 0) is 0 Å². The van der Waals surface area contributed by atoms with E-state index >= 15 is 0 Å². The second kappa shape index (κ2) is 5.17. The predicted octanol–water partition coefficient (Wildman–Crippen LogP) is 2.44. The second-order valence-corrected chi connectivity index (χ2v) is 3.40. The topological polar surface area (TPSA) is 16.1 Å². The molecule has 72 valence electrons. The quantitative estimate of drug-likeness (QED) is 0.759. The highest BCUT2D eigenvalue weighted by Crippen LogP contribution is 2.10. The van der Waals surface area contributed by atoms with E-state index in [2.05, 4.69) is 25.8 Å². The van der Waals surface area contributed by atoms with E-state index in [1.807, 2.05) is 6.92 Å². The molecule has 0 fully saturated rings. The summed E-state index contributed by atoms with van der Waals surface area (Å²) < 4.78 is 12.5. The zero-order valence-electron chi connectivity index (χ0n) is 7.50. The maximum absolute atomic E-state index is 12.5. The number of alkyl halides is 1. The molecule has 0 saturated heterocycles. The fourth-order valence-electron chi connectivity index (χ4n) is 1.09. The Bertz CT molecular complexity index is 250. The number of rotatable bonds is 4. The monoisotopic (exact) mass is 246 g/mol. The molecule has 1 heterocycles. The minimum Gasteiger partial charge on any atom is -0.356 e. The van der Waals surface area contributed by atoms with Gasteiger partial charge in [0.15, 0.2) is 0 Å². The lowest BCUT2D eigenvalue weighted by Gasteiger charge is -2.20. The van der Waals surface area contributed by atoms with Crippen molar-refractivity contribution in [3.63, 3.8) is 0 Å². The zero-order chi connectivity index (χ0) is 9.68. The lowest BCUT2D eigenvalue weighted by Crippen LogP contribution is -2.25. The van der Waals surface area contributed by atoms with Crippen LogP contribution in [0.4, 0.5) is 10.2 Å². The molecule has 1 rings (SSSR count). The number of hydrogen-bond acceptors (Lipinski definition) is 2. The van der Waals surface area contributed by atoms with Gasteiger partial charge < -0.3 is 4.90 Å². The summed E-state index contributed by atoms with van der Waals surface area (Å²) in [5.41, 5.74) is 0. The fourth-order valence-corrected chi connectivity index (χ4v) is 1.52. The highest BCUT2D eigenvalue weighted by molar-refractivity contribution is 9.09. The van der Waals surface area contributed by atoms with Gasteiger partial charge in [-0.3, -0.25) is 0 Å². The third-order valence-electron chi connectivity index (χ3n) is 1.77. The van der Waals surface area contributed by atoms with E-state index in [1.54, 1.807) is 6.07 Å².